The second-order valence-electron chi connectivity index (χ2n) is 5.66. The maximum atomic E-state index is 12.2. The minimum absolute atomic E-state index is 0.147. The van der Waals surface area contributed by atoms with Crippen LogP contribution in [0.15, 0.2) is 30.3 Å². The Kier molecular flexibility index (Phi) is 4.42. The van der Waals surface area contributed by atoms with Crippen molar-refractivity contribution in [3.05, 3.63) is 41.6 Å². The summed E-state index contributed by atoms with van der Waals surface area (Å²) < 4.78 is 5.59. The van der Waals surface area contributed by atoms with Crippen LogP contribution in [-0.2, 0) is 0 Å². The highest BCUT2D eigenvalue weighted by Crippen LogP contribution is 2.39. The van der Waals surface area contributed by atoms with Gasteiger partial charge in [-0.25, -0.2) is 0 Å². The van der Waals surface area contributed by atoms with Crippen LogP contribution in [0.4, 0.5) is 5.82 Å². The number of nitrogens with one attached hydrogen (secondary N) is 2. The van der Waals surface area contributed by atoms with Gasteiger partial charge in [0.05, 0.1) is 12.3 Å². The number of anilines is 1. The Morgan fingerprint density at radius 2 is 2.14 bits per heavy atom. The van der Waals surface area contributed by atoms with Crippen LogP contribution in [0.3, 0.4) is 0 Å². The fourth-order valence-electron chi connectivity index (χ4n) is 2.22. The smallest absolute Gasteiger partial charge is 0.256 e. The second kappa shape index (κ2) is 6.64. The van der Waals surface area contributed by atoms with Gasteiger partial charge in [0.15, 0.2) is 0 Å². The molecule has 2 aromatic rings. The number of aromatic amines is 1. The monoisotopic (exact) mass is 299 g/mol. The number of aromatic nitrogens is 2. The van der Waals surface area contributed by atoms with E-state index in [0.717, 1.165) is 24.3 Å². The molecular formula is C17H21N3O2. The molecule has 0 saturated heterocycles. The van der Waals surface area contributed by atoms with Crippen LogP contribution >= 0.6 is 0 Å². The topological polar surface area (TPSA) is 67.0 Å². The first-order valence-electron chi connectivity index (χ1n) is 7.86. The SMILES string of the molecule is CCCCOc1ccc(C(=O)Nc2cc(C3CC3)n[nH]2)cc1. The van der Waals surface area contributed by atoms with Crippen molar-refractivity contribution in [2.24, 2.45) is 0 Å². The molecule has 2 N–H and O–H groups in total. The lowest BCUT2D eigenvalue weighted by molar-refractivity contribution is 0.102. The van der Waals surface area contributed by atoms with Crippen molar-refractivity contribution in [2.75, 3.05) is 11.9 Å². The van der Waals surface area contributed by atoms with Crippen LogP contribution in [0, 0.1) is 0 Å². The number of nitrogens with zero attached hydrogens (tertiary/aromatic N) is 1. The van der Waals surface area contributed by atoms with E-state index < -0.39 is 0 Å². The molecule has 0 atom stereocenters. The van der Waals surface area contributed by atoms with Crippen LogP contribution in [-0.4, -0.2) is 22.7 Å². The Morgan fingerprint density at radius 3 is 2.82 bits per heavy atom. The highest BCUT2D eigenvalue weighted by Gasteiger charge is 2.26. The van der Waals surface area contributed by atoms with E-state index in [1.54, 1.807) is 12.1 Å². The van der Waals surface area contributed by atoms with Gasteiger partial charge in [-0.15, -0.1) is 0 Å². The Hall–Kier alpha value is -2.30. The molecular weight excluding hydrogens is 278 g/mol. The van der Waals surface area contributed by atoms with Crippen molar-refractivity contribution < 1.29 is 9.53 Å². The van der Waals surface area contributed by atoms with Gasteiger partial charge in [0.1, 0.15) is 11.6 Å². The normalized spacial score (nSPS) is 13.9. The van der Waals surface area contributed by atoms with Gasteiger partial charge < -0.3 is 10.1 Å². The lowest BCUT2D eigenvalue weighted by Gasteiger charge is -2.06. The first kappa shape index (κ1) is 14.6. The van der Waals surface area contributed by atoms with Crippen LogP contribution in [0.2, 0.25) is 0 Å². The number of hydrogen-bond donors (Lipinski definition) is 2. The number of benzene rings is 1. The van der Waals surface area contributed by atoms with E-state index in [1.807, 2.05) is 18.2 Å². The summed E-state index contributed by atoms with van der Waals surface area (Å²) in [6, 6.07) is 9.11. The highest BCUT2D eigenvalue weighted by atomic mass is 16.5. The van der Waals surface area contributed by atoms with Crippen molar-refractivity contribution in [1.82, 2.24) is 10.2 Å². The van der Waals surface area contributed by atoms with Crippen molar-refractivity contribution in [2.45, 2.75) is 38.5 Å². The van der Waals surface area contributed by atoms with Crippen molar-refractivity contribution >= 4 is 11.7 Å². The summed E-state index contributed by atoms with van der Waals surface area (Å²) in [4.78, 5) is 12.2. The molecule has 5 nitrogen and oxygen atoms in total. The maximum Gasteiger partial charge on any atom is 0.256 e. The second-order valence-corrected chi connectivity index (χ2v) is 5.66. The predicted octanol–water partition coefficient (Wildman–Crippen LogP) is 3.72. The van der Waals surface area contributed by atoms with Gasteiger partial charge in [-0.3, -0.25) is 9.89 Å². The number of ether oxygens (including phenoxy) is 1. The molecule has 1 aliphatic carbocycles. The molecule has 1 saturated carbocycles. The van der Waals surface area contributed by atoms with Gasteiger partial charge in [-0.2, -0.15) is 5.10 Å². The van der Waals surface area contributed by atoms with Crippen LogP contribution < -0.4 is 10.1 Å². The molecule has 5 heteroatoms. The molecule has 1 fully saturated rings. The zero-order valence-corrected chi connectivity index (χ0v) is 12.8. The molecule has 3 rings (SSSR count). The first-order chi connectivity index (χ1) is 10.8. The summed E-state index contributed by atoms with van der Waals surface area (Å²) in [6.45, 7) is 2.83. The maximum absolute atomic E-state index is 12.2. The van der Waals surface area contributed by atoms with Crippen LogP contribution in [0.1, 0.15) is 54.6 Å². The van der Waals surface area contributed by atoms with Gasteiger partial charge >= 0.3 is 0 Å². The molecule has 1 aliphatic rings. The van der Waals surface area contributed by atoms with E-state index in [-0.39, 0.29) is 5.91 Å². The summed E-state index contributed by atoms with van der Waals surface area (Å²) in [5, 5.41) is 9.92. The molecule has 116 valence electrons. The number of unbranched alkanes of at least 4 members (excludes halogenated alkanes) is 1. The number of hydrogen-bond acceptors (Lipinski definition) is 3. The molecule has 1 amide bonds. The third kappa shape index (κ3) is 3.67. The third-order valence-corrected chi connectivity index (χ3v) is 3.72. The van der Waals surface area contributed by atoms with E-state index in [1.165, 1.54) is 12.8 Å². The number of carbonyl (C=O) groups excluding carboxylic acids is 1. The molecule has 0 aliphatic heterocycles. The standard InChI is InChI=1S/C17H21N3O2/c1-2-3-10-22-14-8-6-13(7-9-14)17(21)18-16-11-15(19-20-16)12-4-5-12/h6-9,11-12H,2-5,10H2,1H3,(H2,18,19,20,21). The van der Waals surface area contributed by atoms with Crippen molar-refractivity contribution in [1.29, 1.82) is 0 Å². The Morgan fingerprint density at radius 1 is 1.36 bits per heavy atom. The molecule has 0 radical (unpaired) electrons. The van der Waals surface area contributed by atoms with Crippen LogP contribution in [0.5, 0.6) is 5.75 Å². The summed E-state index contributed by atoms with van der Waals surface area (Å²) in [5.41, 5.74) is 1.64. The summed E-state index contributed by atoms with van der Waals surface area (Å²) in [6.07, 6.45) is 4.52. The fraction of sp³-hybridized carbons (Fsp3) is 0.412. The summed E-state index contributed by atoms with van der Waals surface area (Å²) in [5.74, 6) is 1.87. The van der Waals surface area contributed by atoms with Gasteiger partial charge in [0, 0.05) is 17.5 Å². The average Bonchev–Trinajstić information content (AvgIpc) is 3.28. The third-order valence-electron chi connectivity index (χ3n) is 3.72. The van der Waals surface area contributed by atoms with Crippen LogP contribution in [0.25, 0.3) is 0 Å². The number of rotatable bonds is 7. The molecule has 0 unspecified atom stereocenters. The van der Waals surface area contributed by atoms with Gasteiger partial charge in [0.25, 0.3) is 5.91 Å². The predicted molar refractivity (Wildman–Crippen MR) is 85.4 cm³/mol. The fourth-order valence-corrected chi connectivity index (χ4v) is 2.22. The lowest BCUT2D eigenvalue weighted by Crippen LogP contribution is -2.12. The van der Waals surface area contributed by atoms with E-state index in [9.17, 15) is 4.79 Å². The Labute approximate surface area is 130 Å². The zero-order chi connectivity index (χ0) is 15.4. The average molecular weight is 299 g/mol. The molecule has 0 bridgehead atoms. The Bertz CT molecular complexity index is 630. The minimum Gasteiger partial charge on any atom is -0.494 e. The van der Waals surface area contributed by atoms with Crippen molar-refractivity contribution in [3.63, 3.8) is 0 Å². The summed E-state index contributed by atoms with van der Waals surface area (Å²) in [7, 11) is 0. The lowest BCUT2D eigenvalue weighted by atomic mass is 10.2. The first-order valence-corrected chi connectivity index (χ1v) is 7.86. The van der Waals surface area contributed by atoms with Gasteiger partial charge in [0.2, 0.25) is 0 Å². The highest BCUT2D eigenvalue weighted by molar-refractivity contribution is 6.03. The number of amides is 1. The zero-order valence-electron chi connectivity index (χ0n) is 12.8. The Balaban J connectivity index is 1.56. The van der Waals surface area contributed by atoms with Gasteiger partial charge in [-0.1, -0.05) is 13.3 Å². The molecule has 1 aromatic carbocycles. The summed E-state index contributed by atoms with van der Waals surface area (Å²) >= 11 is 0. The number of carbonyl (C=O) groups is 1. The van der Waals surface area contributed by atoms with E-state index in [0.29, 0.717) is 23.9 Å². The number of H-pyrrole nitrogens is 1. The molecule has 1 aromatic heterocycles. The minimum atomic E-state index is -0.147. The largest absolute Gasteiger partial charge is 0.494 e. The quantitative estimate of drug-likeness (QED) is 0.766. The van der Waals surface area contributed by atoms with E-state index in [2.05, 4.69) is 22.4 Å². The molecule has 0 spiro atoms. The molecule has 22 heavy (non-hydrogen) atoms. The van der Waals surface area contributed by atoms with E-state index in [4.69, 9.17) is 4.74 Å². The molecule has 1 heterocycles. The van der Waals surface area contributed by atoms with Crippen molar-refractivity contribution in [3.8, 4) is 5.75 Å². The van der Waals surface area contributed by atoms with Gasteiger partial charge in [-0.05, 0) is 43.5 Å². The van der Waals surface area contributed by atoms with E-state index >= 15 is 0 Å².